The van der Waals surface area contributed by atoms with Gasteiger partial charge in [-0.2, -0.15) is 0 Å². The van der Waals surface area contributed by atoms with Crippen molar-refractivity contribution in [1.29, 1.82) is 0 Å². The number of benzene rings is 5. The van der Waals surface area contributed by atoms with Gasteiger partial charge < -0.3 is 43.0 Å². The average molecular weight is 831 g/mol. The lowest BCUT2D eigenvalue weighted by molar-refractivity contribution is -0.328. The second-order valence-corrected chi connectivity index (χ2v) is 14.2. The summed E-state index contributed by atoms with van der Waals surface area (Å²) in [6.07, 6.45) is -13.1. The van der Waals surface area contributed by atoms with E-state index in [1.165, 1.54) is 36.4 Å². The van der Waals surface area contributed by atoms with E-state index in [1.54, 1.807) is 122 Å². The number of carbonyl (C=O) groups excluding carboxylic acids is 5. The van der Waals surface area contributed by atoms with Crippen LogP contribution in [0.5, 0.6) is 0 Å². The Labute approximate surface area is 350 Å². The highest BCUT2D eigenvalue weighted by atomic mass is 16.7. The fourth-order valence-electron chi connectivity index (χ4n) is 6.79. The monoisotopic (exact) mass is 830 g/mol. The van der Waals surface area contributed by atoms with Crippen LogP contribution in [0.2, 0.25) is 0 Å². The summed E-state index contributed by atoms with van der Waals surface area (Å²) >= 11 is 0. The summed E-state index contributed by atoms with van der Waals surface area (Å²) in [5, 5.41) is 11.7. The first-order valence-electron chi connectivity index (χ1n) is 19.5. The molecule has 0 spiro atoms. The van der Waals surface area contributed by atoms with Crippen LogP contribution in [0.3, 0.4) is 0 Å². The summed E-state index contributed by atoms with van der Waals surface area (Å²) in [5.74, 6) is -4.13. The van der Waals surface area contributed by atoms with Gasteiger partial charge in [0.1, 0.15) is 24.9 Å². The molecule has 3 unspecified atom stereocenters. The Morgan fingerprint density at radius 1 is 0.508 bits per heavy atom. The maximum absolute atomic E-state index is 13.9. The highest BCUT2D eigenvalue weighted by Gasteiger charge is 2.55. The maximum Gasteiger partial charge on any atom is 0.338 e. The fourth-order valence-corrected chi connectivity index (χ4v) is 6.79. The van der Waals surface area contributed by atoms with Gasteiger partial charge in [0.2, 0.25) is 0 Å². The SMILES string of the molecule is C[C@@H]1OC[C@@H](O[C@@H]2OC(COC(=O)c3ccccc3)[C@H](OC(=O)c3ccccc3)[C@H](OC(=O)c3ccccc3)C2OC(=O)c2ccccc2)[C@H](O)C1OC(=O)c1ccccc1. The molecule has 0 amide bonds. The van der Waals surface area contributed by atoms with Crippen LogP contribution in [0, 0.1) is 0 Å². The topological polar surface area (TPSA) is 179 Å². The summed E-state index contributed by atoms with van der Waals surface area (Å²) in [6, 6.07) is 40.1. The molecule has 2 saturated heterocycles. The Morgan fingerprint density at radius 3 is 1.30 bits per heavy atom. The number of hydrogen-bond acceptors (Lipinski definition) is 14. The molecule has 5 aromatic carbocycles. The van der Waals surface area contributed by atoms with Crippen molar-refractivity contribution in [2.24, 2.45) is 0 Å². The van der Waals surface area contributed by atoms with Crippen LogP contribution in [0.4, 0.5) is 0 Å². The van der Waals surface area contributed by atoms with Crippen LogP contribution in [0.1, 0.15) is 58.7 Å². The molecule has 2 aliphatic rings. The van der Waals surface area contributed by atoms with Crippen molar-refractivity contribution >= 4 is 29.8 Å². The Hall–Kier alpha value is -6.71. The average Bonchev–Trinajstić information content (AvgIpc) is 3.30. The van der Waals surface area contributed by atoms with E-state index in [9.17, 15) is 29.1 Å². The quantitative estimate of drug-likeness (QED) is 0.114. The molecule has 0 saturated carbocycles. The lowest BCUT2D eigenvalue weighted by atomic mass is 9.96. The predicted molar refractivity (Wildman–Crippen MR) is 214 cm³/mol. The van der Waals surface area contributed by atoms with Crippen LogP contribution in [-0.4, -0.2) is 103 Å². The second kappa shape index (κ2) is 20.0. The Kier molecular flexibility index (Phi) is 13.9. The normalized spacial score (nSPS) is 24.7. The summed E-state index contributed by atoms with van der Waals surface area (Å²) < 4.78 is 48.4. The van der Waals surface area contributed by atoms with Crippen LogP contribution in [-0.2, 0) is 37.9 Å². The van der Waals surface area contributed by atoms with Crippen molar-refractivity contribution in [3.63, 3.8) is 0 Å². The molecule has 0 radical (unpaired) electrons. The van der Waals surface area contributed by atoms with E-state index in [4.69, 9.17) is 37.9 Å². The first-order valence-corrected chi connectivity index (χ1v) is 19.5. The molecule has 7 rings (SSSR count). The van der Waals surface area contributed by atoms with Crippen molar-refractivity contribution in [1.82, 2.24) is 0 Å². The predicted octanol–water partition coefficient (Wildman–Crippen LogP) is 5.64. The Balaban J connectivity index is 1.26. The van der Waals surface area contributed by atoms with Crippen molar-refractivity contribution in [2.45, 2.75) is 62.0 Å². The van der Waals surface area contributed by atoms with E-state index in [-0.39, 0.29) is 34.4 Å². The lowest BCUT2D eigenvalue weighted by Gasteiger charge is -2.46. The van der Waals surface area contributed by atoms with E-state index in [0.29, 0.717) is 0 Å². The van der Waals surface area contributed by atoms with Crippen LogP contribution in [0.15, 0.2) is 152 Å². The molecule has 14 nitrogen and oxygen atoms in total. The molecule has 314 valence electrons. The molecule has 1 N–H and O–H groups in total. The van der Waals surface area contributed by atoms with E-state index in [0.717, 1.165) is 0 Å². The third-order valence-electron chi connectivity index (χ3n) is 10.0. The van der Waals surface area contributed by atoms with E-state index < -0.39 is 91.6 Å². The molecular formula is C47H42O14. The van der Waals surface area contributed by atoms with Gasteiger partial charge in [0.25, 0.3) is 0 Å². The third kappa shape index (κ3) is 10.5. The van der Waals surface area contributed by atoms with Gasteiger partial charge in [-0.3, -0.25) is 0 Å². The zero-order valence-electron chi connectivity index (χ0n) is 32.8. The molecule has 2 heterocycles. The Bertz CT molecular complexity index is 2240. The number of aliphatic hydroxyl groups excluding tert-OH is 1. The molecule has 14 heteroatoms. The van der Waals surface area contributed by atoms with Crippen LogP contribution in [0.25, 0.3) is 0 Å². The minimum absolute atomic E-state index is 0.105. The van der Waals surface area contributed by atoms with Gasteiger partial charge in [-0.05, 0) is 67.6 Å². The number of carbonyl (C=O) groups is 5. The summed E-state index contributed by atoms with van der Waals surface area (Å²) in [7, 11) is 0. The fraction of sp³-hybridized carbons (Fsp3) is 0.255. The van der Waals surface area contributed by atoms with E-state index in [2.05, 4.69) is 0 Å². The standard InChI is InChI=1S/C47H42O14/c1-29-38(58-43(50)31-19-9-3-10-20-31)37(48)35(27-54-29)56-47-41(61-46(53)34-25-15-6-16-26-34)40(60-45(52)33-23-13-5-14-24-33)39(59-44(51)32-21-11-4-12-22-32)36(57-47)28-55-42(49)30-17-7-2-8-18-30/h2-26,29,35-41,47-48H,27-28H2,1H3/t29-,35+,36?,37-,38?,39-,40-,41?,47+/m0/s1. The highest BCUT2D eigenvalue weighted by Crippen LogP contribution is 2.34. The van der Waals surface area contributed by atoms with Gasteiger partial charge in [-0.15, -0.1) is 0 Å². The number of ether oxygens (including phenoxy) is 8. The summed E-state index contributed by atoms with van der Waals surface area (Å²) in [6.45, 7) is 0.776. The molecular weight excluding hydrogens is 789 g/mol. The summed E-state index contributed by atoms with van der Waals surface area (Å²) in [5.41, 5.74) is 0.778. The van der Waals surface area contributed by atoms with Crippen LogP contribution < -0.4 is 0 Å². The van der Waals surface area contributed by atoms with Crippen molar-refractivity contribution in [3.8, 4) is 0 Å². The molecule has 5 aromatic rings. The summed E-state index contributed by atoms with van der Waals surface area (Å²) in [4.78, 5) is 68.1. The van der Waals surface area contributed by atoms with E-state index >= 15 is 0 Å². The first kappa shape index (κ1) is 42.4. The second-order valence-electron chi connectivity index (χ2n) is 14.2. The Morgan fingerprint density at radius 2 is 0.869 bits per heavy atom. The third-order valence-corrected chi connectivity index (χ3v) is 10.0. The van der Waals surface area contributed by atoms with Gasteiger partial charge >= 0.3 is 29.8 Å². The zero-order chi connectivity index (χ0) is 42.7. The molecule has 0 aliphatic carbocycles. The minimum Gasteiger partial charge on any atom is -0.459 e. The van der Waals surface area contributed by atoms with Gasteiger partial charge in [-0.25, -0.2) is 24.0 Å². The van der Waals surface area contributed by atoms with Crippen molar-refractivity contribution < 1.29 is 67.0 Å². The number of rotatable bonds is 13. The van der Waals surface area contributed by atoms with E-state index in [1.807, 2.05) is 0 Å². The first-order chi connectivity index (χ1) is 29.7. The van der Waals surface area contributed by atoms with Gasteiger partial charge in [0.15, 0.2) is 30.7 Å². The van der Waals surface area contributed by atoms with Crippen LogP contribution >= 0.6 is 0 Å². The molecule has 9 atom stereocenters. The number of esters is 5. The lowest BCUT2D eigenvalue weighted by Crippen LogP contribution is -2.65. The van der Waals surface area contributed by atoms with Gasteiger partial charge in [-0.1, -0.05) is 91.0 Å². The van der Waals surface area contributed by atoms with Crippen molar-refractivity contribution in [2.75, 3.05) is 13.2 Å². The largest absolute Gasteiger partial charge is 0.459 e. The highest BCUT2D eigenvalue weighted by molar-refractivity contribution is 5.92. The number of aliphatic hydroxyl groups is 1. The molecule has 2 aliphatic heterocycles. The van der Waals surface area contributed by atoms with Gasteiger partial charge in [0.05, 0.1) is 40.5 Å². The molecule has 61 heavy (non-hydrogen) atoms. The van der Waals surface area contributed by atoms with Crippen molar-refractivity contribution in [3.05, 3.63) is 179 Å². The number of hydrogen-bond donors (Lipinski definition) is 1. The smallest absolute Gasteiger partial charge is 0.338 e. The maximum atomic E-state index is 13.9. The van der Waals surface area contributed by atoms with Gasteiger partial charge in [0, 0.05) is 0 Å². The molecule has 0 bridgehead atoms. The molecule has 2 fully saturated rings. The zero-order valence-corrected chi connectivity index (χ0v) is 32.8. The molecule has 0 aromatic heterocycles. The minimum atomic E-state index is -1.73.